The summed E-state index contributed by atoms with van der Waals surface area (Å²) in [7, 11) is -2.35. The van der Waals surface area contributed by atoms with Crippen LogP contribution in [0.25, 0.3) is 0 Å². The number of nitrogens with zero attached hydrogens (tertiary/aromatic N) is 1. The molecule has 2 aromatic rings. The molecular weight excluding hydrogens is 338 g/mol. The normalized spacial score (nSPS) is 14.5. The van der Waals surface area contributed by atoms with E-state index in [4.69, 9.17) is 16.3 Å². The number of fused-ring (bicyclic) bond motifs is 1. The largest absolute Gasteiger partial charge is 0.497 e. The fraction of sp³-hybridized carbons (Fsp3) is 0.188. The summed E-state index contributed by atoms with van der Waals surface area (Å²) in [5.41, 5.74) is 0.688. The number of halogens is 1. The van der Waals surface area contributed by atoms with E-state index in [2.05, 4.69) is 0 Å². The first kappa shape index (κ1) is 15.8. The van der Waals surface area contributed by atoms with Crippen LogP contribution in [0.3, 0.4) is 0 Å². The van der Waals surface area contributed by atoms with Crippen LogP contribution >= 0.6 is 11.6 Å². The van der Waals surface area contributed by atoms with Crippen molar-refractivity contribution >= 4 is 33.1 Å². The molecule has 1 aliphatic rings. The maximum absolute atomic E-state index is 12.9. The van der Waals surface area contributed by atoms with Crippen molar-refractivity contribution in [1.82, 2.24) is 0 Å². The molecule has 120 valence electrons. The van der Waals surface area contributed by atoms with E-state index >= 15 is 0 Å². The summed E-state index contributed by atoms with van der Waals surface area (Å²) in [5.74, 6) is 0.401. The highest BCUT2D eigenvalue weighted by Gasteiger charge is 2.33. The molecule has 0 unspecified atom stereocenters. The summed E-state index contributed by atoms with van der Waals surface area (Å²) in [5, 5.41) is 0.152. The lowest BCUT2D eigenvalue weighted by atomic mass is 10.0. The minimum atomic E-state index is -3.84. The van der Waals surface area contributed by atoms with Crippen molar-refractivity contribution in [3.63, 3.8) is 0 Å². The molecule has 5 nitrogen and oxygen atoms in total. The standard InChI is InChI=1S/C16H14ClNO4S/c1-22-11-6-7-14-12(10-11)15(19)8-9-18(14)23(20,21)16-5-3-2-4-13(16)17/h2-7,10H,8-9H2,1H3. The van der Waals surface area contributed by atoms with Crippen molar-refractivity contribution in [2.45, 2.75) is 11.3 Å². The van der Waals surface area contributed by atoms with Crippen LogP contribution in [0.5, 0.6) is 5.75 Å². The van der Waals surface area contributed by atoms with Gasteiger partial charge >= 0.3 is 0 Å². The van der Waals surface area contributed by atoms with E-state index in [0.29, 0.717) is 17.0 Å². The average Bonchev–Trinajstić information content (AvgIpc) is 2.55. The molecule has 2 aromatic carbocycles. The Morgan fingerprint density at radius 1 is 1.17 bits per heavy atom. The number of rotatable bonds is 3. The lowest BCUT2D eigenvalue weighted by Crippen LogP contribution is -2.37. The molecule has 0 aliphatic carbocycles. The third kappa shape index (κ3) is 2.68. The Labute approximate surface area is 139 Å². The molecule has 7 heteroatoms. The van der Waals surface area contributed by atoms with E-state index < -0.39 is 10.0 Å². The van der Waals surface area contributed by atoms with Gasteiger partial charge in [-0.1, -0.05) is 23.7 Å². The zero-order chi connectivity index (χ0) is 16.6. The number of anilines is 1. The van der Waals surface area contributed by atoms with E-state index in [-0.39, 0.29) is 28.7 Å². The number of benzene rings is 2. The van der Waals surface area contributed by atoms with Gasteiger partial charge < -0.3 is 4.74 Å². The zero-order valence-electron chi connectivity index (χ0n) is 12.3. The van der Waals surface area contributed by atoms with Crippen molar-refractivity contribution in [2.24, 2.45) is 0 Å². The summed E-state index contributed by atoms with van der Waals surface area (Å²) >= 11 is 6.04. The van der Waals surface area contributed by atoms with Gasteiger partial charge in [-0.05, 0) is 30.3 Å². The van der Waals surface area contributed by atoms with Gasteiger partial charge in [-0.25, -0.2) is 8.42 Å². The lowest BCUT2D eigenvalue weighted by molar-refractivity contribution is 0.0981. The molecule has 23 heavy (non-hydrogen) atoms. The first-order chi connectivity index (χ1) is 10.9. The van der Waals surface area contributed by atoms with Crippen LogP contribution in [0.4, 0.5) is 5.69 Å². The van der Waals surface area contributed by atoms with Crippen LogP contribution in [0, 0.1) is 0 Å². The van der Waals surface area contributed by atoms with Crippen LogP contribution in [-0.4, -0.2) is 27.9 Å². The van der Waals surface area contributed by atoms with Crippen molar-refractivity contribution in [2.75, 3.05) is 18.0 Å². The van der Waals surface area contributed by atoms with Gasteiger partial charge in [-0.2, -0.15) is 0 Å². The smallest absolute Gasteiger partial charge is 0.265 e. The minimum Gasteiger partial charge on any atom is -0.497 e. The molecule has 1 heterocycles. The highest BCUT2D eigenvalue weighted by Crippen LogP contribution is 2.35. The maximum atomic E-state index is 12.9. The van der Waals surface area contributed by atoms with Gasteiger partial charge in [0.15, 0.2) is 5.78 Å². The Morgan fingerprint density at radius 3 is 2.61 bits per heavy atom. The number of sulfonamides is 1. The first-order valence-corrected chi connectivity index (χ1v) is 8.75. The quantitative estimate of drug-likeness (QED) is 0.852. The van der Waals surface area contributed by atoms with Gasteiger partial charge in [0.05, 0.1) is 17.8 Å². The van der Waals surface area contributed by atoms with Gasteiger partial charge in [0.25, 0.3) is 10.0 Å². The molecule has 0 N–H and O–H groups in total. The second-order valence-electron chi connectivity index (χ2n) is 5.06. The van der Waals surface area contributed by atoms with Crippen LogP contribution < -0.4 is 9.04 Å². The number of carbonyl (C=O) groups excluding carboxylic acids is 1. The molecule has 3 rings (SSSR count). The lowest BCUT2D eigenvalue weighted by Gasteiger charge is -2.30. The molecule has 1 aliphatic heterocycles. The third-order valence-corrected chi connectivity index (χ3v) is 6.03. The van der Waals surface area contributed by atoms with E-state index in [1.165, 1.54) is 23.5 Å². The SMILES string of the molecule is COc1ccc2c(c1)C(=O)CCN2S(=O)(=O)c1ccccc1Cl. The molecule has 0 amide bonds. The Kier molecular flexibility index (Phi) is 4.04. The van der Waals surface area contributed by atoms with Crippen LogP contribution in [0.15, 0.2) is 47.4 Å². The summed E-state index contributed by atoms with van der Waals surface area (Å²) in [6, 6.07) is 11.0. The van der Waals surface area contributed by atoms with Crippen LogP contribution in [0.1, 0.15) is 16.8 Å². The highest BCUT2D eigenvalue weighted by molar-refractivity contribution is 7.93. The van der Waals surface area contributed by atoms with E-state index in [1.807, 2.05) is 0 Å². The number of methoxy groups -OCH3 is 1. The molecule has 0 saturated carbocycles. The van der Waals surface area contributed by atoms with E-state index in [9.17, 15) is 13.2 Å². The van der Waals surface area contributed by atoms with Gasteiger partial charge in [-0.15, -0.1) is 0 Å². The third-order valence-electron chi connectivity index (χ3n) is 3.72. The molecule has 0 spiro atoms. The number of Topliss-reactive ketones (excluding diaryl/α,β-unsaturated/α-hetero) is 1. The predicted molar refractivity (Wildman–Crippen MR) is 87.9 cm³/mol. The van der Waals surface area contributed by atoms with E-state index in [1.54, 1.807) is 30.3 Å². The van der Waals surface area contributed by atoms with Crippen LogP contribution in [0.2, 0.25) is 5.02 Å². The van der Waals surface area contributed by atoms with Crippen LogP contribution in [-0.2, 0) is 10.0 Å². The molecule has 0 fully saturated rings. The van der Waals surface area contributed by atoms with Gasteiger partial charge in [-0.3, -0.25) is 9.10 Å². The Balaban J connectivity index is 2.14. The van der Waals surface area contributed by atoms with Crippen molar-refractivity contribution in [3.8, 4) is 5.75 Å². The first-order valence-electron chi connectivity index (χ1n) is 6.93. The molecule has 0 saturated heterocycles. The van der Waals surface area contributed by atoms with Gasteiger partial charge in [0.1, 0.15) is 10.6 Å². The highest BCUT2D eigenvalue weighted by atomic mass is 35.5. The van der Waals surface area contributed by atoms with E-state index in [0.717, 1.165) is 0 Å². The monoisotopic (exact) mass is 351 g/mol. The zero-order valence-corrected chi connectivity index (χ0v) is 13.9. The van der Waals surface area contributed by atoms with Crippen molar-refractivity contribution in [3.05, 3.63) is 53.1 Å². The molecule has 0 aromatic heterocycles. The summed E-state index contributed by atoms with van der Waals surface area (Å²) in [4.78, 5) is 12.2. The maximum Gasteiger partial charge on any atom is 0.265 e. The molecule has 0 bridgehead atoms. The Morgan fingerprint density at radius 2 is 1.91 bits per heavy atom. The topological polar surface area (TPSA) is 63.7 Å². The fourth-order valence-electron chi connectivity index (χ4n) is 2.56. The number of ketones is 1. The van der Waals surface area contributed by atoms with Gasteiger partial charge in [0, 0.05) is 18.5 Å². The summed E-state index contributed by atoms with van der Waals surface area (Å²) < 4.78 is 32.2. The summed E-state index contributed by atoms with van der Waals surface area (Å²) in [6.07, 6.45) is 0.115. The second kappa shape index (κ2) is 5.86. The van der Waals surface area contributed by atoms with Crippen molar-refractivity contribution in [1.29, 1.82) is 0 Å². The molecule has 0 radical (unpaired) electrons. The second-order valence-corrected chi connectivity index (χ2v) is 7.30. The fourth-order valence-corrected chi connectivity index (χ4v) is 4.54. The molecular formula is C16H14ClNO4S. The predicted octanol–water partition coefficient (Wildman–Crippen LogP) is 3.13. The number of carbonyl (C=O) groups is 1. The Hall–Kier alpha value is -2.05. The average molecular weight is 352 g/mol. The number of hydrogen-bond acceptors (Lipinski definition) is 4. The minimum absolute atomic E-state index is 0.0257. The number of hydrogen-bond donors (Lipinski definition) is 0. The Bertz CT molecular complexity index is 879. The number of ether oxygens (including phenoxy) is 1. The molecule has 0 atom stereocenters. The van der Waals surface area contributed by atoms with Crippen molar-refractivity contribution < 1.29 is 17.9 Å². The van der Waals surface area contributed by atoms with Gasteiger partial charge in [0.2, 0.25) is 0 Å². The summed E-state index contributed by atoms with van der Waals surface area (Å²) in [6.45, 7) is 0.0890.